The van der Waals surface area contributed by atoms with Crippen molar-refractivity contribution in [2.45, 2.75) is 19.4 Å². The van der Waals surface area contributed by atoms with Gasteiger partial charge >= 0.3 is 0 Å². The highest BCUT2D eigenvalue weighted by Gasteiger charge is 2.36. The lowest BCUT2D eigenvalue weighted by molar-refractivity contribution is 0.344. The molecule has 20 heavy (non-hydrogen) atoms. The summed E-state index contributed by atoms with van der Waals surface area (Å²) in [7, 11) is 0. The maximum atomic E-state index is 12.1. The second kappa shape index (κ2) is 4.47. The molecule has 2 heterocycles. The Balaban J connectivity index is 1.67. The van der Waals surface area contributed by atoms with E-state index in [-0.39, 0.29) is 5.56 Å². The lowest BCUT2D eigenvalue weighted by Gasteiger charge is -2.20. The Kier molecular flexibility index (Phi) is 2.62. The Morgan fingerprint density at radius 1 is 1.20 bits per heavy atom. The molecule has 2 aliphatic carbocycles. The Bertz CT molecular complexity index is 698. The van der Waals surface area contributed by atoms with Gasteiger partial charge in [0.15, 0.2) is 5.82 Å². The van der Waals surface area contributed by atoms with Gasteiger partial charge in [-0.2, -0.15) is 0 Å². The summed E-state index contributed by atoms with van der Waals surface area (Å²) in [4.78, 5) is 16.4. The SMILES string of the molecule is O=c1ccn(-c2ccccn2)n1C[C@@H]1C[C@H]2C=C[C@@H]1C2. The highest BCUT2D eigenvalue weighted by Crippen LogP contribution is 2.43. The molecule has 1 saturated carbocycles. The first-order valence-corrected chi connectivity index (χ1v) is 7.19. The number of nitrogens with zero attached hydrogens (tertiary/aromatic N) is 3. The second-order valence-electron chi connectivity index (χ2n) is 5.81. The number of pyridine rings is 1. The van der Waals surface area contributed by atoms with Gasteiger partial charge in [0.1, 0.15) is 0 Å². The monoisotopic (exact) mass is 267 g/mol. The summed E-state index contributed by atoms with van der Waals surface area (Å²) in [5.41, 5.74) is 0.0578. The van der Waals surface area contributed by atoms with E-state index in [9.17, 15) is 4.79 Å². The van der Waals surface area contributed by atoms with Crippen LogP contribution in [0.1, 0.15) is 12.8 Å². The van der Waals surface area contributed by atoms with Crippen LogP contribution in [0.5, 0.6) is 0 Å². The van der Waals surface area contributed by atoms with Crippen molar-refractivity contribution in [3.05, 3.63) is 59.2 Å². The second-order valence-corrected chi connectivity index (χ2v) is 5.81. The highest BCUT2D eigenvalue weighted by atomic mass is 16.1. The lowest BCUT2D eigenvalue weighted by Crippen LogP contribution is -2.27. The average molecular weight is 267 g/mol. The van der Waals surface area contributed by atoms with Gasteiger partial charge in [0.2, 0.25) is 0 Å². The van der Waals surface area contributed by atoms with Crippen LogP contribution in [0.15, 0.2) is 53.6 Å². The molecule has 4 rings (SSSR count). The summed E-state index contributed by atoms with van der Waals surface area (Å²) in [5.74, 6) is 2.77. The number of hydrogen-bond donors (Lipinski definition) is 0. The van der Waals surface area contributed by atoms with Crippen molar-refractivity contribution in [2.24, 2.45) is 17.8 Å². The number of rotatable bonds is 3. The Morgan fingerprint density at radius 2 is 2.15 bits per heavy atom. The zero-order valence-corrected chi connectivity index (χ0v) is 11.2. The molecule has 4 heteroatoms. The van der Waals surface area contributed by atoms with Crippen LogP contribution in [-0.2, 0) is 6.54 Å². The van der Waals surface area contributed by atoms with Gasteiger partial charge in [-0.15, -0.1) is 0 Å². The van der Waals surface area contributed by atoms with Crippen molar-refractivity contribution >= 4 is 0 Å². The molecule has 4 nitrogen and oxygen atoms in total. The molecule has 0 aromatic carbocycles. The van der Waals surface area contributed by atoms with E-state index in [0.717, 1.165) is 18.3 Å². The number of fused-ring (bicyclic) bond motifs is 2. The maximum Gasteiger partial charge on any atom is 0.266 e. The van der Waals surface area contributed by atoms with E-state index in [4.69, 9.17) is 0 Å². The van der Waals surface area contributed by atoms with E-state index in [1.165, 1.54) is 12.8 Å². The largest absolute Gasteiger partial charge is 0.268 e. The van der Waals surface area contributed by atoms with Crippen molar-refractivity contribution in [2.75, 3.05) is 0 Å². The smallest absolute Gasteiger partial charge is 0.266 e. The van der Waals surface area contributed by atoms with Crippen molar-refractivity contribution < 1.29 is 0 Å². The predicted octanol–water partition coefficient (Wildman–Crippen LogP) is 2.25. The average Bonchev–Trinajstić information content (AvgIpc) is 3.17. The minimum Gasteiger partial charge on any atom is -0.268 e. The quantitative estimate of drug-likeness (QED) is 0.800. The fraction of sp³-hybridized carbons (Fsp3) is 0.375. The standard InChI is InChI=1S/C16H17N3O/c20-16-6-8-18(15-3-1-2-7-17-15)19(16)11-14-10-12-4-5-13(14)9-12/h1-8,12-14H,9-11H2/t12-,13+,14-/m0/s1. The maximum absolute atomic E-state index is 12.1. The van der Waals surface area contributed by atoms with E-state index >= 15 is 0 Å². The predicted molar refractivity (Wildman–Crippen MR) is 76.7 cm³/mol. The van der Waals surface area contributed by atoms with Crippen LogP contribution in [-0.4, -0.2) is 14.3 Å². The summed E-state index contributed by atoms with van der Waals surface area (Å²) >= 11 is 0. The van der Waals surface area contributed by atoms with Crippen LogP contribution in [0, 0.1) is 17.8 Å². The third-order valence-electron chi connectivity index (χ3n) is 4.58. The first-order valence-electron chi connectivity index (χ1n) is 7.19. The van der Waals surface area contributed by atoms with Crippen LogP contribution < -0.4 is 5.56 Å². The van der Waals surface area contributed by atoms with Crippen LogP contribution in [0.4, 0.5) is 0 Å². The van der Waals surface area contributed by atoms with Gasteiger partial charge in [-0.3, -0.25) is 4.79 Å². The molecular weight excluding hydrogens is 250 g/mol. The zero-order chi connectivity index (χ0) is 13.5. The molecule has 2 bridgehead atoms. The van der Waals surface area contributed by atoms with E-state index in [2.05, 4.69) is 17.1 Å². The van der Waals surface area contributed by atoms with E-state index in [1.807, 2.05) is 33.8 Å². The summed E-state index contributed by atoms with van der Waals surface area (Å²) < 4.78 is 3.69. The van der Waals surface area contributed by atoms with Gasteiger partial charge in [0.25, 0.3) is 5.56 Å². The third-order valence-corrected chi connectivity index (χ3v) is 4.58. The third kappa shape index (κ3) is 1.83. The molecular formula is C16H17N3O. The van der Waals surface area contributed by atoms with Gasteiger partial charge in [-0.1, -0.05) is 18.2 Å². The van der Waals surface area contributed by atoms with Crippen LogP contribution >= 0.6 is 0 Å². The van der Waals surface area contributed by atoms with Gasteiger partial charge in [-0.05, 0) is 42.7 Å². The van der Waals surface area contributed by atoms with Crippen LogP contribution in [0.25, 0.3) is 5.82 Å². The minimum absolute atomic E-state index is 0.0578. The molecule has 0 unspecified atom stereocenters. The van der Waals surface area contributed by atoms with Crippen molar-refractivity contribution in [3.63, 3.8) is 0 Å². The van der Waals surface area contributed by atoms with E-state index < -0.39 is 0 Å². The normalized spacial score (nSPS) is 27.3. The summed E-state index contributed by atoms with van der Waals surface area (Å²) in [6.07, 6.45) is 10.7. The lowest BCUT2D eigenvalue weighted by atomic mass is 9.94. The van der Waals surface area contributed by atoms with Crippen molar-refractivity contribution in [1.82, 2.24) is 14.3 Å². The van der Waals surface area contributed by atoms with Crippen molar-refractivity contribution in [1.29, 1.82) is 0 Å². The van der Waals surface area contributed by atoms with Gasteiger partial charge in [0.05, 0.1) is 0 Å². The fourth-order valence-electron chi connectivity index (χ4n) is 3.60. The molecule has 3 atom stereocenters. The van der Waals surface area contributed by atoms with Gasteiger partial charge in [0, 0.05) is 25.0 Å². The number of allylic oxidation sites excluding steroid dienone is 2. The minimum atomic E-state index is 0.0578. The molecule has 0 spiro atoms. The first-order chi connectivity index (χ1) is 9.81. The molecule has 2 aromatic rings. The van der Waals surface area contributed by atoms with Crippen LogP contribution in [0.3, 0.4) is 0 Å². The number of hydrogen-bond acceptors (Lipinski definition) is 2. The Labute approximate surface area is 117 Å². The topological polar surface area (TPSA) is 39.8 Å². The summed E-state index contributed by atoms with van der Waals surface area (Å²) in [6, 6.07) is 7.38. The zero-order valence-electron chi connectivity index (χ0n) is 11.2. The van der Waals surface area contributed by atoms with Gasteiger partial charge in [-0.25, -0.2) is 14.3 Å². The van der Waals surface area contributed by atoms with Crippen LogP contribution in [0.2, 0.25) is 0 Å². The molecule has 0 N–H and O–H groups in total. The van der Waals surface area contributed by atoms with E-state index in [1.54, 1.807) is 12.3 Å². The van der Waals surface area contributed by atoms with E-state index in [0.29, 0.717) is 11.8 Å². The number of aromatic nitrogens is 3. The fourth-order valence-corrected chi connectivity index (χ4v) is 3.60. The highest BCUT2D eigenvalue weighted by molar-refractivity contribution is 5.20. The molecule has 0 amide bonds. The molecule has 0 aliphatic heterocycles. The first kappa shape index (κ1) is 11.7. The van der Waals surface area contributed by atoms with Gasteiger partial charge < -0.3 is 0 Å². The Hall–Kier alpha value is -2.10. The molecule has 0 saturated heterocycles. The molecule has 2 aromatic heterocycles. The summed E-state index contributed by atoms with van der Waals surface area (Å²) in [5, 5.41) is 0. The Morgan fingerprint density at radius 3 is 2.85 bits per heavy atom. The molecule has 102 valence electrons. The molecule has 1 fully saturated rings. The molecule has 2 aliphatic rings. The summed E-state index contributed by atoms with van der Waals surface area (Å²) in [6.45, 7) is 0.786. The molecule has 0 radical (unpaired) electrons. The van der Waals surface area contributed by atoms with Crippen molar-refractivity contribution in [3.8, 4) is 5.82 Å².